The Morgan fingerprint density at radius 1 is 1.69 bits per heavy atom. The summed E-state index contributed by atoms with van der Waals surface area (Å²) >= 11 is 0. The van der Waals surface area contributed by atoms with E-state index in [4.69, 9.17) is 0 Å². The molecule has 88 valence electrons. The summed E-state index contributed by atoms with van der Waals surface area (Å²) in [5.41, 5.74) is 0. The molecule has 0 radical (unpaired) electrons. The summed E-state index contributed by atoms with van der Waals surface area (Å²) in [5.74, 6) is -0.0850. The van der Waals surface area contributed by atoms with Crippen molar-refractivity contribution in [2.75, 3.05) is 20.1 Å². The number of aliphatic hydroxyl groups excluding tert-OH is 1. The first kappa shape index (κ1) is 11.0. The minimum absolute atomic E-state index is 0.0850. The standard InChI is InChI=1S/C9H15N5O2/c1-13(7-4-10-5-8(7)15)9(16)6-14-3-2-11-12-14/h2-3,7-8,10,15H,4-6H2,1H3/t7-,8-/m1/s1. The molecule has 0 aliphatic carbocycles. The van der Waals surface area contributed by atoms with Gasteiger partial charge in [-0.3, -0.25) is 4.79 Å². The number of rotatable bonds is 3. The minimum atomic E-state index is -0.496. The van der Waals surface area contributed by atoms with Crippen molar-refractivity contribution in [1.29, 1.82) is 0 Å². The predicted octanol–water partition coefficient (Wildman–Crippen LogP) is -1.93. The van der Waals surface area contributed by atoms with Gasteiger partial charge in [-0.2, -0.15) is 0 Å². The van der Waals surface area contributed by atoms with Crippen molar-refractivity contribution in [3.8, 4) is 0 Å². The van der Waals surface area contributed by atoms with E-state index in [1.165, 1.54) is 10.9 Å². The summed E-state index contributed by atoms with van der Waals surface area (Å²) in [5, 5.41) is 20.0. The molecule has 0 aromatic carbocycles. The number of β-amino-alcohol motifs (C(OH)–C–C–N with tert-alkyl or cyclic N) is 1. The highest BCUT2D eigenvalue weighted by Crippen LogP contribution is 2.07. The lowest BCUT2D eigenvalue weighted by Crippen LogP contribution is -2.45. The van der Waals surface area contributed by atoms with Crippen LogP contribution in [0.1, 0.15) is 0 Å². The van der Waals surface area contributed by atoms with E-state index in [0.29, 0.717) is 13.1 Å². The van der Waals surface area contributed by atoms with Gasteiger partial charge in [0.25, 0.3) is 0 Å². The summed E-state index contributed by atoms with van der Waals surface area (Å²) in [6, 6.07) is -0.156. The molecule has 0 spiro atoms. The third-order valence-corrected chi connectivity index (χ3v) is 2.81. The number of nitrogens with zero attached hydrogens (tertiary/aromatic N) is 4. The van der Waals surface area contributed by atoms with Gasteiger partial charge in [-0.05, 0) is 0 Å². The van der Waals surface area contributed by atoms with Gasteiger partial charge in [-0.15, -0.1) is 5.10 Å². The van der Waals surface area contributed by atoms with E-state index in [-0.39, 0.29) is 18.5 Å². The van der Waals surface area contributed by atoms with Crippen LogP contribution in [0, 0.1) is 0 Å². The molecule has 1 amide bonds. The van der Waals surface area contributed by atoms with Gasteiger partial charge in [0.05, 0.1) is 18.3 Å². The van der Waals surface area contributed by atoms with Crippen LogP contribution in [0.2, 0.25) is 0 Å². The molecule has 1 aromatic heterocycles. The van der Waals surface area contributed by atoms with Crippen LogP contribution in [-0.2, 0) is 11.3 Å². The molecule has 1 aromatic rings. The maximum atomic E-state index is 11.8. The van der Waals surface area contributed by atoms with Crippen LogP contribution in [0.4, 0.5) is 0 Å². The topological polar surface area (TPSA) is 83.3 Å². The van der Waals surface area contributed by atoms with E-state index in [1.54, 1.807) is 18.1 Å². The second kappa shape index (κ2) is 4.58. The van der Waals surface area contributed by atoms with Gasteiger partial charge in [0.15, 0.2) is 0 Å². The Kier molecular flexibility index (Phi) is 3.16. The van der Waals surface area contributed by atoms with Crippen LogP contribution in [0.3, 0.4) is 0 Å². The maximum Gasteiger partial charge on any atom is 0.244 e. The van der Waals surface area contributed by atoms with Crippen LogP contribution >= 0.6 is 0 Å². The van der Waals surface area contributed by atoms with E-state index in [1.807, 2.05) is 0 Å². The lowest BCUT2D eigenvalue weighted by Gasteiger charge is -2.26. The maximum absolute atomic E-state index is 11.8. The Labute approximate surface area is 93.0 Å². The molecule has 2 atom stereocenters. The highest BCUT2D eigenvalue weighted by atomic mass is 16.3. The van der Waals surface area contributed by atoms with Crippen molar-refractivity contribution in [2.24, 2.45) is 0 Å². The van der Waals surface area contributed by atoms with E-state index >= 15 is 0 Å². The number of aliphatic hydroxyl groups is 1. The van der Waals surface area contributed by atoms with Gasteiger partial charge >= 0.3 is 0 Å². The van der Waals surface area contributed by atoms with Crippen LogP contribution < -0.4 is 5.32 Å². The Bertz CT molecular complexity index is 353. The molecular weight excluding hydrogens is 210 g/mol. The predicted molar refractivity (Wildman–Crippen MR) is 55.5 cm³/mol. The summed E-state index contributed by atoms with van der Waals surface area (Å²) in [7, 11) is 1.69. The fourth-order valence-corrected chi connectivity index (χ4v) is 1.80. The number of hydrogen-bond donors (Lipinski definition) is 2. The van der Waals surface area contributed by atoms with Crippen molar-refractivity contribution in [1.82, 2.24) is 25.2 Å². The van der Waals surface area contributed by atoms with Crippen molar-refractivity contribution in [2.45, 2.75) is 18.7 Å². The zero-order chi connectivity index (χ0) is 11.5. The fourth-order valence-electron chi connectivity index (χ4n) is 1.80. The van der Waals surface area contributed by atoms with Crippen molar-refractivity contribution >= 4 is 5.91 Å². The quantitative estimate of drug-likeness (QED) is 0.626. The molecule has 7 heteroatoms. The zero-order valence-electron chi connectivity index (χ0n) is 9.08. The lowest BCUT2D eigenvalue weighted by molar-refractivity contribution is -0.134. The Hall–Kier alpha value is -1.47. The number of aromatic nitrogens is 3. The van der Waals surface area contributed by atoms with Gasteiger partial charge in [0.2, 0.25) is 5.91 Å². The first-order valence-electron chi connectivity index (χ1n) is 5.17. The van der Waals surface area contributed by atoms with Gasteiger partial charge in [-0.1, -0.05) is 5.21 Å². The Morgan fingerprint density at radius 3 is 3.06 bits per heavy atom. The average molecular weight is 225 g/mol. The molecular formula is C9H15N5O2. The number of nitrogens with one attached hydrogen (secondary N) is 1. The molecule has 0 bridgehead atoms. The molecule has 2 N–H and O–H groups in total. The Balaban J connectivity index is 1.94. The largest absolute Gasteiger partial charge is 0.390 e. The van der Waals surface area contributed by atoms with Gasteiger partial charge in [0, 0.05) is 26.3 Å². The van der Waals surface area contributed by atoms with Crippen molar-refractivity contribution in [3.05, 3.63) is 12.4 Å². The first-order chi connectivity index (χ1) is 7.68. The van der Waals surface area contributed by atoms with Crippen molar-refractivity contribution < 1.29 is 9.90 Å². The second-order valence-corrected chi connectivity index (χ2v) is 3.90. The molecule has 0 unspecified atom stereocenters. The molecule has 0 saturated carbocycles. The minimum Gasteiger partial charge on any atom is -0.390 e. The number of carbonyl (C=O) groups excluding carboxylic acids is 1. The van der Waals surface area contributed by atoms with Crippen LogP contribution in [0.15, 0.2) is 12.4 Å². The smallest absolute Gasteiger partial charge is 0.244 e. The fraction of sp³-hybridized carbons (Fsp3) is 0.667. The lowest BCUT2D eigenvalue weighted by atomic mass is 10.2. The van der Waals surface area contributed by atoms with Gasteiger partial charge in [0.1, 0.15) is 6.54 Å². The van der Waals surface area contributed by atoms with Crippen LogP contribution in [0.25, 0.3) is 0 Å². The number of hydrogen-bond acceptors (Lipinski definition) is 5. The van der Waals surface area contributed by atoms with Gasteiger partial charge in [-0.25, -0.2) is 4.68 Å². The molecule has 1 fully saturated rings. The van der Waals surface area contributed by atoms with E-state index in [9.17, 15) is 9.90 Å². The molecule has 1 aliphatic heterocycles. The summed E-state index contributed by atoms with van der Waals surface area (Å²) in [6.45, 7) is 1.31. The first-order valence-corrected chi connectivity index (χ1v) is 5.17. The highest BCUT2D eigenvalue weighted by Gasteiger charge is 2.31. The summed E-state index contributed by atoms with van der Waals surface area (Å²) < 4.78 is 1.47. The van der Waals surface area contributed by atoms with Crippen LogP contribution in [-0.4, -0.2) is 63.2 Å². The van der Waals surface area contributed by atoms with Gasteiger partial charge < -0.3 is 15.3 Å². The van der Waals surface area contributed by atoms with E-state index < -0.39 is 6.10 Å². The third-order valence-electron chi connectivity index (χ3n) is 2.81. The van der Waals surface area contributed by atoms with Crippen molar-refractivity contribution in [3.63, 3.8) is 0 Å². The molecule has 2 heterocycles. The molecule has 1 aliphatic rings. The van der Waals surface area contributed by atoms with Crippen LogP contribution in [0.5, 0.6) is 0 Å². The number of amides is 1. The highest BCUT2D eigenvalue weighted by molar-refractivity contribution is 5.76. The average Bonchev–Trinajstić information content (AvgIpc) is 2.88. The summed E-state index contributed by atoms with van der Waals surface area (Å²) in [4.78, 5) is 13.4. The number of likely N-dealkylation sites (N-methyl/N-ethyl adjacent to an activating group) is 1. The second-order valence-electron chi connectivity index (χ2n) is 3.90. The monoisotopic (exact) mass is 225 g/mol. The molecule has 1 saturated heterocycles. The molecule has 16 heavy (non-hydrogen) atoms. The van der Waals surface area contributed by atoms with E-state index in [2.05, 4.69) is 15.6 Å². The number of carbonyl (C=O) groups is 1. The zero-order valence-corrected chi connectivity index (χ0v) is 9.08. The molecule has 2 rings (SSSR count). The molecule has 7 nitrogen and oxygen atoms in total. The summed E-state index contributed by atoms with van der Waals surface area (Å²) in [6.07, 6.45) is 2.67. The van der Waals surface area contributed by atoms with E-state index in [0.717, 1.165) is 0 Å². The SMILES string of the molecule is CN(C(=O)Cn1ccnn1)[C@@H]1CNC[C@H]1O. The Morgan fingerprint density at radius 2 is 2.50 bits per heavy atom. The normalized spacial score (nSPS) is 24.6. The third kappa shape index (κ3) is 2.20.